The number of fused-ring (bicyclic) bond motifs is 2. The summed E-state index contributed by atoms with van der Waals surface area (Å²) in [6.07, 6.45) is 3.52. The van der Waals surface area contributed by atoms with Crippen LogP contribution in [-0.4, -0.2) is 64.4 Å². The second kappa shape index (κ2) is 7.65. The fraction of sp³-hybridized carbons (Fsp3) is 0.391. The Balaban J connectivity index is 1.40. The summed E-state index contributed by atoms with van der Waals surface area (Å²) in [4.78, 5) is 31.6. The first-order chi connectivity index (χ1) is 14.6. The molecule has 30 heavy (non-hydrogen) atoms. The molecule has 2 aliphatic heterocycles. The number of carbonyl (C=O) groups is 1. The number of likely N-dealkylation sites (N-methyl/N-ethyl adjacent to an activating group) is 1. The largest absolute Gasteiger partial charge is 0.373 e. The zero-order valence-corrected chi connectivity index (χ0v) is 17.4. The molecular weight excluding hydrogens is 376 g/mol. The Kier molecular flexibility index (Phi) is 4.83. The number of hydrogen-bond donors (Lipinski definition) is 1. The highest BCUT2D eigenvalue weighted by Crippen LogP contribution is 2.31. The van der Waals surface area contributed by atoms with Gasteiger partial charge in [0.25, 0.3) is 5.91 Å². The normalized spacial score (nSPS) is 19.1. The van der Waals surface area contributed by atoms with Crippen LogP contribution in [0.15, 0.2) is 36.5 Å². The first-order valence-electron chi connectivity index (χ1n) is 10.5. The summed E-state index contributed by atoms with van der Waals surface area (Å²) in [5.74, 6) is 1.91. The smallest absolute Gasteiger partial charge is 0.273 e. The molecular formula is C23H26N6O. The molecule has 3 aromatic rings. The van der Waals surface area contributed by atoms with Crippen molar-refractivity contribution in [3.63, 3.8) is 0 Å². The highest BCUT2D eigenvalue weighted by atomic mass is 16.2. The topological polar surface area (TPSA) is 74.2 Å². The minimum absolute atomic E-state index is 0.0114. The Morgan fingerprint density at radius 2 is 2.03 bits per heavy atom. The van der Waals surface area contributed by atoms with E-state index in [4.69, 9.17) is 9.97 Å². The third-order valence-electron chi connectivity index (χ3n) is 6.22. The van der Waals surface area contributed by atoms with Crippen molar-refractivity contribution in [2.75, 3.05) is 39.0 Å². The predicted octanol–water partition coefficient (Wildman–Crippen LogP) is 2.68. The summed E-state index contributed by atoms with van der Waals surface area (Å²) in [5, 5.41) is 5.19. The Morgan fingerprint density at radius 3 is 2.90 bits per heavy atom. The van der Waals surface area contributed by atoms with Crippen LogP contribution in [0, 0.1) is 0 Å². The molecule has 1 aromatic carbocycles. The van der Waals surface area contributed by atoms with Crippen molar-refractivity contribution in [3.05, 3.63) is 59.3 Å². The Morgan fingerprint density at radius 1 is 1.17 bits per heavy atom. The van der Waals surface area contributed by atoms with Gasteiger partial charge >= 0.3 is 0 Å². The first kappa shape index (κ1) is 18.9. The number of rotatable bonds is 3. The fourth-order valence-corrected chi connectivity index (χ4v) is 4.55. The lowest BCUT2D eigenvalue weighted by molar-refractivity contribution is 0.0787. The van der Waals surface area contributed by atoms with Gasteiger partial charge in [0.1, 0.15) is 17.3 Å². The van der Waals surface area contributed by atoms with Crippen LogP contribution in [-0.2, 0) is 13.0 Å². The highest BCUT2D eigenvalue weighted by Gasteiger charge is 2.32. The quantitative estimate of drug-likeness (QED) is 0.726. The molecule has 0 bridgehead atoms. The average Bonchev–Trinajstić information content (AvgIpc) is 3.28. The van der Waals surface area contributed by atoms with Gasteiger partial charge in [-0.05, 0) is 24.9 Å². The van der Waals surface area contributed by atoms with E-state index in [2.05, 4.69) is 22.2 Å². The van der Waals surface area contributed by atoms with Gasteiger partial charge in [-0.25, -0.2) is 9.97 Å². The van der Waals surface area contributed by atoms with Crippen molar-refractivity contribution in [3.8, 4) is 0 Å². The number of benzene rings is 1. The molecule has 1 amide bonds. The number of pyridine rings is 1. The maximum Gasteiger partial charge on any atom is 0.273 e. The van der Waals surface area contributed by atoms with Crippen molar-refractivity contribution >= 4 is 22.5 Å². The number of amides is 1. The predicted molar refractivity (Wildman–Crippen MR) is 117 cm³/mol. The summed E-state index contributed by atoms with van der Waals surface area (Å²) in [5.41, 5.74) is 2.86. The summed E-state index contributed by atoms with van der Waals surface area (Å²) >= 11 is 0. The maximum atomic E-state index is 13.2. The minimum Gasteiger partial charge on any atom is -0.373 e. The molecule has 0 aliphatic carbocycles. The number of aromatic nitrogens is 3. The van der Waals surface area contributed by atoms with Gasteiger partial charge in [-0.15, -0.1) is 0 Å². The SMILES string of the molecule is CNc1nc([C@@H]2CCN(C(=O)c3nccc4ccccc34)C2)nc2c1CN(C)CC2. The summed E-state index contributed by atoms with van der Waals surface area (Å²) in [6.45, 7) is 3.21. The molecule has 0 radical (unpaired) electrons. The number of nitrogens with zero attached hydrogens (tertiary/aromatic N) is 5. The van der Waals surface area contributed by atoms with Gasteiger partial charge < -0.3 is 15.1 Å². The molecule has 0 saturated carbocycles. The van der Waals surface area contributed by atoms with E-state index < -0.39 is 0 Å². The summed E-state index contributed by atoms with van der Waals surface area (Å²) in [7, 11) is 4.04. The van der Waals surface area contributed by atoms with Gasteiger partial charge in [0.2, 0.25) is 0 Å². The van der Waals surface area contributed by atoms with Crippen LogP contribution in [0.2, 0.25) is 0 Å². The molecule has 4 heterocycles. The molecule has 154 valence electrons. The van der Waals surface area contributed by atoms with E-state index in [1.165, 1.54) is 5.56 Å². The summed E-state index contributed by atoms with van der Waals surface area (Å²) < 4.78 is 0. The van der Waals surface area contributed by atoms with Crippen molar-refractivity contribution in [1.29, 1.82) is 0 Å². The highest BCUT2D eigenvalue weighted by molar-refractivity contribution is 6.05. The van der Waals surface area contributed by atoms with E-state index in [9.17, 15) is 4.79 Å². The van der Waals surface area contributed by atoms with E-state index in [1.807, 2.05) is 42.3 Å². The van der Waals surface area contributed by atoms with E-state index >= 15 is 0 Å². The van der Waals surface area contributed by atoms with E-state index in [1.54, 1.807) is 6.20 Å². The standard InChI is InChI=1S/C23H26N6O/c1-24-22-18-14-28(2)11-9-19(18)26-21(27-22)16-8-12-29(13-16)23(30)20-17-6-4-3-5-15(17)7-10-25-20/h3-7,10,16H,8-9,11-14H2,1-2H3,(H,24,26,27)/t16-/m1/s1. The molecule has 2 aliphatic rings. The summed E-state index contributed by atoms with van der Waals surface area (Å²) in [6, 6.07) is 9.85. The maximum absolute atomic E-state index is 13.2. The van der Waals surface area contributed by atoms with Crippen LogP contribution >= 0.6 is 0 Å². The minimum atomic E-state index is -0.0114. The number of carbonyl (C=O) groups excluding carboxylic acids is 1. The molecule has 1 atom stereocenters. The van der Waals surface area contributed by atoms with Gasteiger partial charge in [0, 0.05) is 62.7 Å². The number of nitrogens with one attached hydrogen (secondary N) is 1. The van der Waals surface area contributed by atoms with Gasteiger partial charge in [-0.3, -0.25) is 9.78 Å². The third-order valence-corrected chi connectivity index (χ3v) is 6.22. The average molecular weight is 403 g/mol. The van der Waals surface area contributed by atoms with E-state index in [-0.39, 0.29) is 11.8 Å². The first-order valence-corrected chi connectivity index (χ1v) is 10.5. The van der Waals surface area contributed by atoms with E-state index in [0.717, 1.165) is 54.0 Å². The Hall–Kier alpha value is -3.06. The van der Waals surface area contributed by atoms with Crippen molar-refractivity contribution < 1.29 is 4.79 Å². The molecule has 0 spiro atoms. The Labute approximate surface area is 176 Å². The van der Waals surface area contributed by atoms with Crippen molar-refractivity contribution in [2.24, 2.45) is 0 Å². The monoisotopic (exact) mass is 402 g/mol. The zero-order valence-electron chi connectivity index (χ0n) is 17.4. The molecule has 1 N–H and O–H groups in total. The molecule has 2 aromatic heterocycles. The lowest BCUT2D eigenvalue weighted by atomic mass is 10.0. The van der Waals surface area contributed by atoms with Crippen LogP contribution in [0.25, 0.3) is 10.8 Å². The molecule has 1 fully saturated rings. The van der Waals surface area contributed by atoms with Crippen LogP contribution < -0.4 is 5.32 Å². The molecule has 7 nitrogen and oxygen atoms in total. The fourth-order valence-electron chi connectivity index (χ4n) is 4.55. The van der Waals surface area contributed by atoms with Crippen LogP contribution in [0.5, 0.6) is 0 Å². The van der Waals surface area contributed by atoms with Gasteiger partial charge in [-0.2, -0.15) is 0 Å². The lowest BCUT2D eigenvalue weighted by Crippen LogP contribution is -2.30. The van der Waals surface area contributed by atoms with Crippen LogP contribution in [0.1, 0.15) is 39.9 Å². The van der Waals surface area contributed by atoms with Crippen LogP contribution in [0.3, 0.4) is 0 Å². The zero-order chi connectivity index (χ0) is 20.7. The molecule has 7 heteroatoms. The second-order valence-corrected chi connectivity index (χ2v) is 8.21. The molecule has 0 unspecified atom stereocenters. The number of likely N-dealkylation sites (tertiary alicyclic amines) is 1. The van der Waals surface area contributed by atoms with Gasteiger partial charge in [-0.1, -0.05) is 24.3 Å². The second-order valence-electron chi connectivity index (χ2n) is 8.21. The van der Waals surface area contributed by atoms with Gasteiger partial charge in [0.05, 0.1) is 5.69 Å². The molecule has 5 rings (SSSR count). The number of anilines is 1. The van der Waals surface area contributed by atoms with E-state index in [0.29, 0.717) is 18.8 Å². The van der Waals surface area contributed by atoms with Crippen molar-refractivity contribution in [1.82, 2.24) is 24.8 Å². The lowest BCUT2D eigenvalue weighted by Gasteiger charge is -2.26. The molecule has 1 saturated heterocycles. The third kappa shape index (κ3) is 3.29. The van der Waals surface area contributed by atoms with Gasteiger partial charge in [0.15, 0.2) is 0 Å². The number of hydrogen-bond acceptors (Lipinski definition) is 6. The van der Waals surface area contributed by atoms with Crippen LogP contribution in [0.4, 0.5) is 5.82 Å². The Bertz CT molecular complexity index is 1090. The van der Waals surface area contributed by atoms with Crippen molar-refractivity contribution in [2.45, 2.75) is 25.3 Å².